The van der Waals surface area contributed by atoms with Crippen molar-refractivity contribution in [2.24, 2.45) is 0 Å². The van der Waals surface area contributed by atoms with E-state index in [0.29, 0.717) is 0 Å². The molecule has 0 saturated heterocycles. The average molecular weight is 283 g/mol. The number of hydrogen-bond acceptors (Lipinski definition) is 1. The fraction of sp³-hybridized carbons (Fsp3) is 1.00. The van der Waals surface area contributed by atoms with Gasteiger partial charge in [0.15, 0.2) is 0 Å². The Morgan fingerprint density at radius 1 is 0.765 bits per heavy atom. The molecule has 0 aliphatic carbocycles. The maximum absolute atomic E-state index is 6.36. The molecule has 0 fully saturated rings. The van der Waals surface area contributed by atoms with Crippen LogP contribution < -0.4 is 0 Å². The quantitative estimate of drug-likeness (QED) is 0.349. The molecule has 0 aliphatic rings. The minimum absolute atomic E-state index is 0.627. The van der Waals surface area contributed by atoms with Crippen LogP contribution in [0.15, 0.2) is 0 Å². The fourth-order valence-electron chi connectivity index (χ4n) is 1.93. The number of alkyl halides is 2. The zero-order valence-corrected chi connectivity index (χ0v) is 13.3. The molecule has 0 aromatic carbocycles. The summed E-state index contributed by atoms with van der Waals surface area (Å²) in [4.78, 5) is 0. The van der Waals surface area contributed by atoms with Gasteiger partial charge < -0.3 is 4.74 Å². The second-order valence-electron chi connectivity index (χ2n) is 5.22. The first kappa shape index (κ1) is 17.5. The molecule has 104 valence electrons. The third kappa shape index (κ3) is 10.2. The summed E-state index contributed by atoms with van der Waals surface area (Å²) >= 11 is 12.7. The molecule has 0 aromatic rings. The minimum atomic E-state index is -0.627. The number of halogens is 2. The van der Waals surface area contributed by atoms with Gasteiger partial charge in [-0.05, 0) is 39.5 Å². The van der Waals surface area contributed by atoms with Crippen molar-refractivity contribution in [3.05, 3.63) is 0 Å². The monoisotopic (exact) mass is 282 g/mol. The molecular weight excluding hydrogens is 255 g/mol. The van der Waals surface area contributed by atoms with Crippen LogP contribution >= 0.6 is 23.2 Å². The molecule has 0 bridgehead atoms. The van der Waals surface area contributed by atoms with E-state index in [4.69, 9.17) is 27.9 Å². The summed E-state index contributed by atoms with van der Waals surface area (Å²) in [6, 6.07) is 0. The van der Waals surface area contributed by atoms with Crippen LogP contribution in [0.25, 0.3) is 0 Å². The average Bonchev–Trinajstić information content (AvgIpc) is 2.16. The molecule has 0 heterocycles. The van der Waals surface area contributed by atoms with Gasteiger partial charge in [0.05, 0.1) is 0 Å². The predicted molar refractivity (Wildman–Crippen MR) is 77.9 cm³/mol. The van der Waals surface area contributed by atoms with Crippen LogP contribution in [0.4, 0.5) is 0 Å². The van der Waals surface area contributed by atoms with Gasteiger partial charge in [-0.15, -0.1) is 0 Å². The van der Waals surface area contributed by atoms with Gasteiger partial charge >= 0.3 is 0 Å². The van der Waals surface area contributed by atoms with Crippen LogP contribution in [0.1, 0.15) is 79.1 Å². The number of hydrogen-bond donors (Lipinski definition) is 0. The molecule has 1 nitrogen and oxygen atoms in total. The second-order valence-corrected chi connectivity index (χ2v) is 6.82. The summed E-state index contributed by atoms with van der Waals surface area (Å²) < 4.78 is 5.85. The molecule has 0 aliphatic heterocycles. The van der Waals surface area contributed by atoms with E-state index in [9.17, 15) is 0 Å². The lowest BCUT2D eigenvalue weighted by atomic mass is 10.1. The van der Waals surface area contributed by atoms with Crippen molar-refractivity contribution < 1.29 is 4.74 Å². The Kier molecular flexibility index (Phi) is 8.88. The summed E-state index contributed by atoms with van der Waals surface area (Å²) in [6.07, 6.45) is 8.69. The number of rotatable bonds is 10. The van der Waals surface area contributed by atoms with Crippen molar-refractivity contribution in [2.45, 2.75) is 89.2 Å². The van der Waals surface area contributed by atoms with Crippen molar-refractivity contribution >= 4 is 23.2 Å². The van der Waals surface area contributed by atoms with Gasteiger partial charge in [0.1, 0.15) is 10.1 Å². The molecule has 0 aromatic heterocycles. The zero-order valence-electron chi connectivity index (χ0n) is 11.8. The van der Waals surface area contributed by atoms with Crippen LogP contribution in [-0.4, -0.2) is 10.1 Å². The van der Waals surface area contributed by atoms with Gasteiger partial charge in [0, 0.05) is 0 Å². The predicted octanol–water partition coefficient (Wildman–Crippen LogP) is 6.07. The fourth-order valence-corrected chi connectivity index (χ4v) is 2.57. The molecule has 17 heavy (non-hydrogen) atoms. The van der Waals surface area contributed by atoms with E-state index in [1.54, 1.807) is 0 Å². The first-order chi connectivity index (χ1) is 7.83. The maximum atomic E-state index is 6.36. The van der Waals surface area contributed by atoms with Gasteiger partial charge in [-0.2, -0.15) is 0 Å². The summed E-state index contributed by atoms with van der Waals surface area (Å²) in [5.41, 5.74) is 0. The molecule has 0 amide bonds. The molecule has 0 radical (unpaired) electrons. The first-order valence-corrected chi connectivity index (χ1v) is 7.66. The first-order valence-electron chi connectivity index (χ1n) is 6.91. The molecule has 2 unspecified atom stereocenters. The van der Waals surface area contributed by atoms with Crippen LogP contribution in [0.3, 0.4) is 0 Å². The van der Waals surface area contributed by atoms with Gasteiger partial charge in [-0.3, -0.25) is 0 Å². The summed E-state index contributed by atoms with van der Waals surface area (Å²) in [7, 11) is 0. The van der Waals surface area contributed by atoms with Crippen molar-refractivity contribution in [3.8, 4) is 0 Å². The summed E-state index contributed by atoms with van der Waals surface area (Å²) in [6.45, 7) is 8.21. The molecule has 2 atom stereocenters. The van der Waals surface area contributed by atoms with Crippen LogP contribution in [0.2, 0.25) is 0 Å². The van der Waals surface area contributed by atoms with Gasteiger partial charge in [-0.1, -0.05) is 62.7 Å². The van der Waals surface area contributed by atoms with Gasteiger partial charge in [0.25, 0.3) is 0 Å². The Morgan fingerprint density at radius 3 is 1.41 bits per heavy atom. The van der Waals surface area contributed by atoms with Crippen molar-refractivity contribution in [1.82, 2.24) is 0 Å². The maximum Gasteiger partial charge on any atom is 0.141 e. The normalized spacial score (nSPS) is 18.7. The lowest BCUT2D eigenvalue weighted by molar-refractivity contribution is -0.0570. The highest BCUT2D eigenvalue weighted by Gasteiger charge is 2.32. The molecular formula is C14H28Cl2O. The smallest absolute Gasteiger partial charge is 0.141 e. The van der Waals surface area contributed by atoms with Gasteiger partial charge in [-0.25, -0.2) is 0 Å². The Bertz CT molecular complexity index is 171. The topological polar surface area (TPSA) is 9.23 Å². The van der Waals surface area contributed by atoms with Crippen LogP contribution in [0.5, 0.6) is 0 Å². The Labute approximate surface area is 117 Å². The molecule has 0 rings (SSSR count). The third-order valence-electron chi connectivity index (χ3n) is 2.88. The molecule has 0 N–H and O–H groups in total. The van der Waals surface area contributed by atoms with Crippen molar-refractivity contribution in [3.63, 3.8) is 0 Å². The van der Waals surface area contributed by atoms with E-state index in [-0.39, 0.29) is 0 Å². The Morgan fingerprint density at radius 2 is 1.12 bits per heavy atom. The number of unbranched alkanes of at least 4 members (excludes halogenated alkanes) is 4. The SMILES string of the molecule is CCCCCC(C)(Cl)OC(C)(Cl)CCCCC. The highest BCUT2D eigenvalue weighted by molar-refractivity contribution is 6.25. The summed E-state index contributed by atoms with van der Waals surface area (Å²) in [5.74, 6) is 0. The minimum Gasteiger partial charge on any atom is -0.339 e. The standard InChI is InChI=1S/C14H28Cl2O/c1-5-7-9-11-13(3,15)17-14(4,16)12-10-8-6-2/h5-12H2,1-4H3. The second kappa shape index (κ2) is 8.61. The van der Waals surface area contributed by atoms with E-state index in [1.807, 2.05) is 13.8 Å². The Hall–Kier alpha value is 0.540. The molecule has 0 saturated carbocycles. The van der Waals surface area contributed by atoms with Crippen LogP contribution in [-0.2, 0) is 4.74 Å². The van der Waals surface area contributed by atoms with E-state index >= 15 is 0 Å². The molecule has 0 spiro atoms. The lowest BCUT2D eigenvalue weighted by Crippen LogP contribution is -2.33. The third-order valence-corrected chi connectivity index (χ3v) is 3.41. The Balaban J connectivity index is 3.99. The van der Waals surface area contributed by atoms with Crippen molar-refractivity contribution in [2.75, 3.05) is 0 Å². The van der Waals surface area contributed by atoms with Crippen molar-refractivity contribution in [1.29, 1.82) is 0 Å². The van der Waals surface area contributed by atoms with E-state index in [2.05, 4.69) is 13.8 Å². The zero-order chi connectivity index (χ0) is 13.4. The van der Waals surface area contributed by atoms with Gasteiger partial charge in [0.2, 0.25) is 0 Å². The number of ether oxygens (including phenoxy) is 1. The van der Waals surface area contributed by atoms with E-state index in [1.165, 1.54) is 25.7 Å². The van der Waals surface area contributed by atoms with E-state index in [0.717, 1.165) is 25.7 Å². The largest absolute Gasteiger partial charge is 0.339 e. The summed E-state index contributed by atoms with van der Waals surface area (Å²) in [5, 5.41) is -1.25. The van der Waals surface area contributed by atoms with Crippen LogP contribution in [0, 0.1) is 0 Å². The van der Waals surface area contributed by atoms with E-state index < -0.39 is 10.1 Å². The highest BCUT2D eigenvalue weighted by Crippen LogP contribution is 2.34. The molecule has 3 heteroatoms. The lowest BCUT2D eigenvalue weighted by Gasteiger charge is -2.32. The highest BCUT2D eigenvalue weighted by atomic mass is 35.5.